The van der Waals surface area contributed by atoms with Crippen LogP contribution in [-0.2, 0) is 0 Å². The van der Waals surface area contributed by atoms with Gasteiger partial charge in [0.25, 0.3) is 11.8 Å². The molecule has 10 heteroatoms. The molecule has 5 rings (SSSR count). The highest BCUT2D eigenvalue weighted by molar-refractivity contribution is 5.96. The first-order valence-corrected chi connectivity index (χ1v) is 12.6. The smallest absolute Gasteiger partial charge is 0.271 e. The van der Waals surface area contributed by atoms with E-state index < -0.39 is 0 Å². The lowest BCUT2D eigenvalue weighted by Crippen LogP contribution is -2.17. The molecule has 0 bridgehead atoms. The van der Waals surface area contributed by atoms with Crippen molar-refractivity contribution in [1.82, 2.24) is 30.0 Å². The van der Waals surface area contributed by atoms with E-state index in [9.17, 15) is 9.59 Å². The summed E-state index contributed by atoms with van der Waals surface area (Å²) in [4.78, 5) is 32.8. The third-order valence-corrected chi connectivity index (χ3v) is 5.53. The number of benzene rings is 3. The molecule has 0 spiro atoms. The third kappa shape index (κ3) is 7.23. The maximum absolute atomic E-state index is 12.4. The molecule has 2 amide bonds. The minimum absolute atomic E-state index is 0.322. The van der Waals surface area contributed by atoms with Gasteiger partial charge in [-0.25, -0.2) is 20.8 Å². The maximum atomic E-state index is 12.4. The van der Waals surface area contributed by atoms with Crippen LogP contribution in [0.1, 0.15) is 45.7 Å². The van der Waals surface area contributed by atoms with Gasteiger partial charge in [0.05, 0.1) is 25.1 Å². The molecule has 2 heterocycles. The number of carbonyl (C=O) groups excluding carboxylic acids is 2. The number of aromatic nitrogens is 4. The number of nitrogens with zero attached hydrogens (tertiary/aromatic N) is 6. The molecule has 0 atom stereocenters. The van der Waals surface area contributed by atoms with Crippen LogP contribution in [0.4, 0.5) is 0 Å². The van der Waals surface area contributed by atoms with Crippen molar-refractivity contribution in [2.75, 3.05) is 0 Å². The fourth-order valence-corrected chi connectivity index (χ4v) is 3.57. The van der Waals surface area contributed by atoms with Crippen LogP contribution in [0.5, 0.6) is 0 Å². The SMILES string of the molecule is CC.O=C(N/N=C/c1cccc(/C=N/NC(=O)c2ccc(-n3ccnc3)cc2)c1)c1ccc(-n2ccnc2)cc1. The first-order valence-electron chi connectivity index (χ1n) is 12.6. The van der Waals surface area contributed by atoms with Gasteiger partial charge in [0.2, 0.25) is 0 Å². The van der Waals surface area contributed by atoms with Crippen LogP contribution in [-0.4, -0.2) is 43.3 Å². The number of rotatable bonds is 8. The van der Waals surface area contributed by atoms with Crippen LogP contribution in [0.15, 0.2) is 120 Å². The van der Waals surface area contributed by atoms with Gasteiger partial charge in [-0.15, -0.1) is 0 Å². The fourth-order valence-electron chi connectivity index (χ4n) is 3.57. The predicted molar refractivity (Wildman–Crippen MR) is 155 cm³/mol. The maximum Gasteiger partial charge on any atom is 0.271 e. The summed E-state index contributed by atoms with van der Waals surface area (Å²) in [5.41, 5.74) is 9.34. The second-order valence-corrected chi connectivity index (χ2v) is 8.10. The Bertz CT molecular complexity index is 1460. The highest BCUT2D eigenvalue weighted by atomic mass is 16.2. The summed E-state index contributed by atoms with van der Waals surface area (Å²) in [6.45, 7) is 4.00. The van der Waals surface area contributed by atoms with E-state index in [1.54, 1.807) is 49.3 Å². The van der Waals surface area contributed by atoms with Crippen LogP contribution >= 0.6 is 0 Å². The van der Waals surface area contributed by atoms with E-state index >= 15 is 0 Å². The molecule has 10 nitrogen and oxygen atoms in total. The zero-order valence-electron chi connectivity index (χ0n) is 22.0. The number of imidazole rings is 2. The van der Waals surface area contributed by atoms with Crippen LogP contribution in [0.3, 0.4) is 0 Å². The van der Waals surface area contributed by atoms with Gasteiger partial charge < -0.3 is 9.13 Å². The van der Waals surface area contributed by atoms with E-state index in [1.807, 2.05) is 83.9 Å². The van der Waals surface area contributed by atoms with Crippen molar-refractivity contribution in [3.8, 4) is 11.4 Å². The Kier molecular flexibility index (Phi) is 9.43. The van der Waals surface area contributed by atoms with Crippen molar-refractivity contribution >= 4 is 24.2 Å². The van der Waals surface area contributed by atoms with Gasteiger partial charge in [-0.05, 0) is 65.7 Å². The number of carbonyl (C=O) groups is 2. The predicted octanol–water partition coefficient (Wildman–Crippen LogP) is 4.61. The van der Waals surface area contributed by atoms with Crippen molar-refractivity contribution in [1.29, 1.82) is 0 Å². The lowest BCUT2D eigenvalue weighted by molar-refractivity contribution is 0.0947. The van der Waals surface area contributed by atoms with E-state index in [4.69, 9.17) is 0 Å². The van der Waals surface area contributed by atoms with Crippen LogP contribution in [0, 0.1) is 0 Å². The molecule has 200 valence electrons. The van der Waals surface area contributed by atoms with Gasteiger partial charge in [0, 0.05) is 47.3 Å². The Labute approximate surface area is 231 Å². The van der Waals surface area contributed by atoms with Gasteiger partial charge in [-0.2, -0.15) is 10.2 Å². The van der Waals surface area contributed by atoms with Gasteiger partial charge in [0.15, 0.2) is 0 Å². The average molecular weight is 533 g/mol. The Morgan fingerprint density at radius 3 is 1.48 bits per heavy atom. The molecule has 3 aromatic carbocycles. The van der Waals surface area contributed by atoms with Crippen molar-refractivity contribution in [2.24, 2.45) is 10.2 Å². The molecular formula is C30H28N8O2. The van der Waals surface area contributed by atoms with E-state index in [0.29, 0.717) is 11.1 Å². The highest BCUT2D eigenvalue weighted by Gasteiger charge is 2.06. The van der Waals surface area contributed by atoms with Gasteiger partial charge in [-0.1, -0.05) is 32.0 Å². The van der Waals surface area contributed by atoms with Gasteiger partial charge in [-0.3, -0.25) is 9.59 Å². The zero-order valence-corrected chi connectivity index (χ0v) is 22.0. The Balaban J connectivity index is 0.00000181. The van der Waals surface area contributed by atoms with Crippen LogP contribution in [0.25, 0.3) is 11.4 Å². The van der Waals surface area contributed by atoms with Crippen molar-refractivity contribution in [3.05, 3.63) is 132 Å². The van der Waals surface area contributed by atoms with Crippen molar-refractivity contribution < 1.29 is 9.59 Å². The molecule has 40 heavy (non-hydrogen) atoms. The second-order valence-electron chi connectivity index (χ2n) is 8.10. The molecule has 0 radical (unpaired) electrons. The lowest BCUT2D eigenvalue weighted by atomic mass is 10.1. The summed E-state index contributed by atoms with van der Waals surface area (Å²) in [5.74, 6) is -0.645. The molecule has 5 aromatic rings. The second kappa shape index (κ2) is 13.8. The fraction of sp³-hybridized carbons (Fsp3) is 0.0667. The summed E-state index contributed by atoms with van der Waals surface area (Å²) < 4.78 is 3.70. The molecule has 0 aliphatic heterocycles. The first kappa shape index (κ1) is 27.4. The van der Waals surface area contributed by atoms with E-state index in [-0.39, 0.29) is 11.8 Å². The standard InChI is InChI=1S/C28H22N8O2.C2H6/c37-27(23-4-8-25(9-5-23)35-14-12-29-19-35)33-31-17-21-2-1-3-22(16-21)18-32-34-28(38)24-6-10-26(11-7-24)36-15-13-30-20-36;1-2/h1-20H,(H,33,37)(H,34,38);1-2H3/b31-17+,32-18+;. The topological polar surface area (TPSA) is 119 Å². The summed E-state index contributed by atoms with van der Waals surface area (Å²) in [6.07, 6.45) is 13.5. The number of hydrazone groups is 2. The summed E-state index contributed by atoms with van der Waals surface area (Å²) >= 11 is 0. The van der Waals surface area contributed by atoms with Crippen molar-refractivity contribution in [2.45, 2.75) is 13.8 Å². The molecule has 2 N–H and O–H groups in total. The minimum atomic E-state index is -0.322. The number of hydrogen-bond acceptors (Lipinski definition) is 6. The van der Waals surface area contributed by atoms with Gasteiger partial charge >= 0.3 is 0 Å². The Hall–Kier alpha value is -5.64. The molecule has 0 unspecified atom stereocenters. The van der Waals surface area contributed by atoms with Gasteiger partial charge in [0.1, 0.15) is 0 Å². The normalized spacial score (nSPS) is 10.8. The minimum Gasteiger partial charge on any atom is -0.306 e. The lowest BCUT2D eigenvalue weighted by Gasteiger charge is -2.04. The van der Waals surface area contributed by atoms with E-state index in [1.165, 1.54) is 12.4 Å². The Morgan fingerprint density at radius 1 is 0.675 bits per heavy atom. The quantitative estimate of drug-likeness (QED) is 0.224. The first-order chi connectivity index (χ1) is 19.7. The summed E-state index contributed by atoms with van der Waals surface area (Å²) in [7, 11) is 0. The molecule has 0 fully saturated rings. The molecule has 0 aliphatic carbocycles. The summed E-state index contributed by atoms with van der Waals surface area (Å²) in [6, 6.07) is 21.5. The third-order valence-electron chi connectivity index (χ3n) is 5.53. The summed E-state index contributed by atoms with van der Waals surface area (Å²) in [5, 5.41) is 8.09. The molecule has 0 saturated carbocycles. The number of nitrogens with one attached hydrogen (secondary N) is 2. The van der Waals surface area contributed by atoms with Crippen LogP contribution < -0.4 is 10.9 Å². The molecule has 0 saturated heterocycles. The molecular weight excluding hydrogens is 504 g/mol. The van der Waals surface area contributed by atoms with Crippen LogP contribution in [0.2, 0.25) is 0 Å². The van der Waals surface area contributed by atoms with Crippen molar-refractivity contribution in [3.63, 3.8) is 0 Å². The average Bonchev–Trinajstić information content (AvgIpc) is 3.74. The van der Waals surface area contributed by atoms with E-state index in [0.717, 1.165) is 22.5 Å². The highest BCUT2D eigenvalue weighted by Crippen LogP contribution is 2.10. The molecule has 2 aromatic heterocycles. The van der Waals surface area contributed by atoms with E-state index in [2.05, 4.69) is 31.0 Å². The number of amides is 2. The largest absolute Gasteiger partial charge is 0.306 e. The zero-order chi connectivity index (χ0) is 28.2. The monoisotopic (exact) mass is 532 g/mol. The number of hydrogen-bond donors (Lipinski definition) is 2. The Morgan fingerprint density at radius 2 is 1.10 bits per heavy atom. The molecule has 0 aliphatic rings.